The first-order chi connectivity index (χ1) is 14.5. The van der Waals surface area contributed by atoms with Crippen molar-refractivity contribution >= 4 is 29.1 Å². The van der Waals surface area contributed by atoms with Crippen molar-refractivity contribution in [2.75, 3.05) is 29.9 Å². The minimum absolute atomic E-state index is 0.0106. The number of amides is 3. The molecule has 1 heterocycles. The largest absolute Gasteiger partial charge is 0.339 e. The van der Waals surface area contributed by atoms with Gasteiger partial charge in [0, 0.05) is 43.0 Å². The van der Waals surface area contributed by atoms with Crippen molar-refractivity contribution in [3.8, 4) is 0 Å². The van der Waals surface area contributed by atoms with E-state index in [2.05, 4.69) is 19.2 Å². The Kier molecular flexibility index (Phi) is 7.22. The Bertz CT molecular complexity index is 874. The zero-order valence-electron chi connectivity index (χ0n) is 17.6. The highest BCUT2D eigenvalue weighted by molar-refractivity contribution is 6.03. The quantitative estimate of drug-likeness (QED) is 0.721. The Hall–Kier alpha value is -3.15. The summed E-state index contributed by atoms with van der Waals surface area (Å²) in [5, 5.41) is 2.88. The van der Waals surface area contributed by atoms with Crippen LogP contribution in [0.1, 0.15) is 43.5 Å². The number of hydrogen-bond acceptors (Lipinski definition) is 3. The van der Waals surface area contributed by atoms with Crippen molar-refractivity contribution < 1.29 is 14.4 Å². The Morgan fingerprint density at radius 1 is 1.00 bits per heavy atom. The van der Waals surface area contributed by atoms with Gasteiger partial charge in [-0.1, -0.05) is 32.0 Å². The van der Waals surface area contributed by atoms with Crippen LogP contribution >= 0.6 is 0 Å². The highest BCUT2D eigenvalue weighted by atomic mass is 16.2. The van der Waals surface area contributed by atoms with E-state index >= 15 is 0 Å². The van der Waals surface area contributed by atoms with Crippen molar-refractivity contribution in [2.45, 2.75) is 33.1 Å². The lowest BCUT2D eigenvalue weighted by Gasteiger charge is -2.21. The fourth-order valence-electron chi connectivity index (χ4n) is 3.72. The second-order valence-electron chi connectivity index (χ2n) is 7.60. The molecule has 1 N–H and O–H groups in total. The molecular weight excluding hydrogens is 378 g/mol. The van der Waals surface area contributed by atoms with Gasteiger partial charge in [-0.15, -0.1) is 0 Å². The Labute approximate surface area is 177 Å². The maximum atomic E-state index is 12.7. The first-order valence-corrected chi connectivity index (χ1v) is 10.6. The third-order valence-electron chi connectivity index (χ3n) is 5.24. The minimum atomic E-state index is -0.399. The molecule has 0 bridgehead atoms. The second kappa shape index (κ2) is 10.1. The number of nitrogens with zero attached hydrogens (tertiary/aromatic N) is 2. The van der Waals surface area contributed by atoms with E-state index in [1.807, 2.05) is 35.2 Å². The van der Waals surface area contributed by atoms with Crippen LogP contribution in [0.2, 0.25) is 0 Å². The van der Waals surface area contributed by atoms with Gasteiger partial charge in [-0.05, 0) is 49.2 Å². The van der Waals surface area contributed by atoms with Crippen LogP contribution in [-0.2, 0) is 9.59 Å². The average molecular weight is 408 g/mol. The van der Waals surface area contributed by atoms with Gasteiger partial charge in [0.1, 0.15) is 0 Å². The zero-order valence-corrected chi connectivity index (χ0v) is 17.6. The van der Waals surface area contributed by atoms with Gasteiger partial charge in [-0.25, -0.2) is 0 Å². The van der Waals surface area contributed by atoms with E-state index in [0.717, 1.165) is 31.6 Å². The third kappa shape index (κ3) is 5.06. The molecule has 3 amide bonds. The lowest BCUT2D eigenvalue weighted by Crippen LogP contribution is -2.32. The van der Waals surface area contributed by atoms with Crippen molar-refractivity contribution in [3.63, 3.8) is 0 Å². The highest BCUT2D eigenvalue weighted by Crippen LogP contribution is 2.26. The Morgan fingerprint density at radius 2 is 1.63 bits per heavy atom. The van der Waals surface area contributed by atoms with Crippen LogP contribution in [0.25, 0.3) is 0 Å². The van der Waals surface area contributed by atoms with Crippen LogP contribution in [-0.4, -0.2) is 42.3 Å². The lowest BCUT2D eigenvalue weighted by molar-refractivity contribution is -0.122. The third-order valence-corrected chi connectivity index (χ3v) is 5.24. The summed E-state index contributed by atoms with van der Waals surface area (Å²) in [7, 11) is 0. The summed E-state index contributed by atoms with van der Waals surface area (Å²) in [5.74, 6) is -0.617. The van der Waals surface area contributed by atoms with Crippen LogP contribution < -0.4 is 10.2 Å². The molecule has 0 aromatic heterocycles. The predicted molar refractivity (Wildman–Crippen MR) is 118 cm³/mol. The predicted octanol–water partition coefficient (Wildman–Crippen LogP) is 3.94. The van der Waals surface area contributed by atoms with Gasteiger partial charge in [-0.2, -0.15) is 0 Å². The fraction of sp³-hybridized carbons (Fsp3) is 0.375. The van der Waals surface area contributed by atoms with Gasteiger partial charge in [0.15, 0.2) is 0 Å². The van der Waals surface area contributed by atoms with Crippen LogP contribution in [0.4, 0.5) is 11.4 Å². The fourth-order valence-corrected chi connectivity index (χ4v) is 3.72. The van der Waals surface area contributed by atoms with Gasteiger partial charge in [0.2, 0.25) is 11.8 Å². The topological polar surface area (TPSA) is 69.7 Å². The number of nitrogens with one attached hydrogen (secondary N) is 1. The number of hydrogen-bond donors (Lipinski definition) is 1. The molecule has 0 aliphatic carbocycles. The lowest BCUT2D eigenvalue weighted by atomic mass is 10.1. The molecule has 6 nitrogen and oxygen atoms in total. The van der Waals surface area contributed by atoms with Crippen LogP contribution in [0.15, 0.2) is 54.6 Å². The van der Waals surface area contributed by atoms with Crippen molar-refractivity contribution in [3.05, 3.63) is 60.2 Å². The number of anilines is 2. The minimum Gasteiger partial charge on any atom is -0.339 e. The van der Waals surface area contributed by atoms with Gasteiger partial charge in [0.05, 0.1) is 5.92 Å². The van der Waals surface area contributed by atoms with E-state index in [0.29, 0.717) is 17.8 Å². The summed E-state index contributed by atoms with van der Waals surface area (Å²) in [4.78, 5) is 41.2. The van der Waals surface area contributed by atoms with Gasteiger partial charge in [0.25, 0.3) is 5.91 Å². The molecule has 3 rings (SSSR count). The molecular formula is C24H29N3O3. The van der Waals surface area contributed by atoms with Crippen LogP contribution in [0, 0.1) is 5.92 Å². The van der Waals surface area contributed by atoms with Crippen LogP contribution in [0.5, 0.6) is 0 Å². The van der Waals surface area contributed by atoms with E-state index in [4.69, 9.17) is 0 Å². The number of carbonyl (C=O) groups excluding carboxylic acids is 3. The Morgan fingerprint density at radius 3 is 2.23 bits per heavy atom. The summed E-state index contributed by atoms with van der Waals surface area (Å²) in [5.41, 5.74) is 2.05. The number of carbonyl (C=O) groups is 3. The molecule has 0 spiro atoms. The number of para-hydroxylation sites is 1. The van der Waals surface area contributed by atoms with Crippen LogP contribution in [0.3, 0.4) is 0 Å². The zero-order chi connectivity index (χ0) is 21.5. The van der Waals surface area contributed by atoms with Crippen molar-refractivity contribution in [1.82, 2.24) is 4.90 Å². The molecule has 1 saturated heterocycles. The smallest absolute Gasteiger partial charge is 0.253 e. The molecule has 2 aromatic carbocycles. The molecule has 0 radical (unpaired) electrons. The van der Waals surface area contributed by atoms with E-state index in [9.17, 15) is 14.4 Å². The van der Waals surface area contributed by atoms with E-state index in [1.54, 1.807) is 29.2 Å². The van der Waals surface area contributed by atoms with E-state index in [-0.39, 0.29) is 24.1 Å². The van der Waals surface area contributed by atoms with E-state index in [1.165, 1.54) is 0 Å². The normalized spacial score (nSPS) is 15.9. The van der Waals surface area contributed by atoms with E-state index < -0.39 is 5.92 Å². The molecule has 0 saturated carbocycles. The van der Waals surface area contributed by atoms with Gasteiger partial charge < -0.3 is 15.1 Å². The molecule has 6 heteroatoms. The van der Waals surface area contributed by atoms with Crippen molar-refractivity contribution in [2.24, 2.45) is 5.92 Å². The summed E-state index contributed by atoms with van der Waals surface area (Å²) in [6.45, 7) is 5.95. The molecule has 1 atom stereocenters. The Balaban J connectivity index is 1.61. The van der Waals surface area contributed by atoms with Crippen molar-refractivity contribution in [1.29, 1.82) is 0 Å². The molecule has 2 aromatic rings. The SMILES string of the molecule is CCCN(CCC)C(=O)c1ccc(NC(=O)C2CC(=O)N(c3ccccc3)C2)cc1. The monoisotopic (exact) mass is 407 g/mol. The molecule has 1 unspecified atom stereocenters. The first-order valence-electron chi connectivity index (χ1n) is 10.6. The molecule has 30 heavy (non-hydrogen) atoms. The highest BCUT2D eigenvalue weighted by Gasteiger charge is 2.35. The maximum Gasteiger partial charge on any atom is 0.253 e. The number of benzene rings is 2. The van der Waals surface area contributed by atoms with Gasteiger partial charge >= 0.3 is 0 Å². The standard InChI is InChI=1S/C24H29N3O3/c1-3-14-26(15-4-2)24(30)18-10-12-20(13-11-18)25-23(29)19-16-22(28)27(17-19)21-8-6-5-7-9-21/h5-13,19H,3-4,14-17H2,1-2H3,(H,25,29). The molecule has 158 valence electrons. The summed E-state index contributed by atoms with van der Waals surface area (Å²) in [6.07, 6.45) is 2.03. The molecule has 1 aliphatic rings. The summed E-state index contributed by atoms with van der Waals surface area (Å²) in [6, 6.07) is 16.4. The second-order valence-corrected chi connectivity index (χ2v) is 7.60. The molecule has 1 aliphatic heterocycles. The molecule has 1 fully saturated rings. The number of rotatable bonds is 8. The maximum absolute atomic E-state index is 12.7. The summed E-state index contributed by atoms with van der Waals surface area (Å²) >= 11 is 0. The summed E-state index contributed by atoms with van der Waals surface area (Å²) < 4.78 is 0. The average Bonchev–Trinajstić information content (AvgIpc) is 3.16. The van der Waals surface area contributed by atoms with Gasteiger partial charge in [-0.3, -0.25) is 14.4 Å². The first kappa shape index (κ1) is 21.6.